The highest BCUT2D eigenvalue weighted by atomic mass is 16.2. The van der Waals surface area contributed by atoms with Gasteiger partial charge >= 0.3 is 0 Å². The Kier molecular flexibility index (Phi) is 9.41. The van der Waals surface area contributed by atoms with Gasteiger partial charge in [-0.3, -0.25) is 28.8 Å². The van der Waals surface area contributed by atoms with Crippen LogP contribution in [0.3, 0.4) is 0 Å². The molecule has 8 heteroatoms. The zero-order valence-corrected chi connectivity index (χ0v) is 28.7. The summed E-state index contributed by atoms with van der Waals surface area (Å²) in [7, 11) is 0. The number of hydrogen-bond donors (Lipinski definition) is 2. The lowest BCUT2D eigenvalue weighted by Crippen LogP contribution is -2.24. The Morgan fingerprint density at radius 1 is 0.426 bits per heavy atom. The van der Waals surface area contributed by atoms with Gasteiger partial charge in [0.25, 0.3) is 0 Å². The summed E-state index contributed by atoms with van der Waals surface area (Å²) in [5, 5.41) is 6.37. The number of carbonyl (C=O) groups is 6. The second-order valence-electron chi connectivity index (χ2n) is 12.4. The molecule has 1 aliphatic rings. The van der Waals surface area contributed by atoms with E-state index in [4.69, 9.17) is 0 Å². The van der Waals surface area contributed by atoms with Gasteiger partial charge in [-0.05, 0) is 47.5 Å². The van der Waals surface area contributed by atoms with Crippen molar-refractivity contribution < 1.29 is 28.8 Å². The molecule has 0 amide bonds. The Labute approximate surface area is 310 Å². The lowest BCUT2D eigenvalue weighted by Gasteiger charge is -2.25. The number of Topliss-reactive ketones (excluding diaryl/α,β-unsaturated/α-hetero) is 4. The summed E-state index contributed by atoms with van der Waals surface area (Å²) in [6.07, 6.45) is 3.15. The van der Waals surface area contributed by atoms with Gasteiger partial charge in [-0.1, -0.05) is 122 Å². The van der Waals surface area contributed by atoms with Crippen LogP contribution in [-0.2, 0) is 0 Å². The number of hydrogen-bond acceptors (Lipinski definition) is 8. The van der Waals surface area contributed by atoms with E-state index in [2.05, 4.69) is 23.8 Å². The fourth-order valence-corrected chi connectivity index (χ4v) is 6.39. The summed E-state index contributed by atoms with van der Waals surface area (Å²) < 4.78 is 0. The molecule has 0 bridgehead atoms. The largest absolute Gasteiger partial charge is 0.354 e. The fraction of sp³-hybridized carbons (Fsp3) is 0. The predicted molar refractivity (Wildman–Crippen MR) is 210 cm³/mol. The molecule has 0 unspecified atom stereocenters. The van der Waals surface area contributed by atoms with Crippen LogP contribution in [0.5, 0.6) is 0 Å². The van der Waals surface area contributed by atoms with Gasteiger partial charge in [-0.25, -0.2) is 0 Å². The molecule has 0 atom stereocenters. The van der Waals surface area contributed by atoms with Crippen LogP contribution in [0.4, 0.5) is 22.7 Å². The Morgan fingerprint density at radius 2 is 0.796 bits per heavy atom. The van der Waals surface area contributed by atoms with Crippen molar-refractivity contribution in [1.29, 1.82) is 0 Å². The van der Waals surface area contributed by atoms with E-state index in [1.165, 1.54) is 12.1 Å². The molecule has 2 N–H and O–H groups in total. The van der Waals surface area contributed by atoms with Crippen LogP contribution in [0.15, 0.2) is 147 Å². The van der Waals surface area contributed by atoms with Crippen molar-refractivity contribution in [3.8, 4) is 0 Å². The molecule has 8 nitrogen and oxygen atoms in total. The van der Waals surface area contributed by atoms with Crippen molar-refractivity contribution in [2.24, 2.45) is 0 Å². The zero-order valence-electron chi connectivity index (χ0n) is 28.7. The molecule has 0 saturated heterocycles. The van der Waals surface area contributed by atoms with Gasteiger partial charge in [0, 0.05) is 33.4 Å². The molecule has 6 aromatic rings. The summed E-state index contributed by atoms with van der Waals surface area (Å²) in [6, 6.07) is 35.5. The lowest BCUT2D eigenvalue weighted by atomic mass is 9.82. The smallest absolute Gasteiger partial charge is 0.235 e. The second-order valence-corrected chi connectivity index (χ2v) is 12.4. The standard InChI is InChI=1S/C46H30N2O6/c1-3-27-19-21-33(45(53)41(49)29-13-7-5-8-14-29)37(25-27)47-35-23-24-36(40-39(35)43(51)31-17-11-12-18-32(31)44(40)52)48-38-26-28(4-2)20-22-34(38)46(54)42(50)30-15-9-6-10-16-30/h3-26,47-48H,1-2H2. The molecule has 260 valence electrons. The highest BCUT2D eigenvalue weighted by molar-refractivity contribution is 6.51. The van der Waals surface area contributed by atoms with Crippen molar-refractivity contribution in [1.82, 2.24) is 0 Å². The fourth-order valence-electron chi connectivity index (χ4n) is 6.39. The first kappa shape index (κ1) is 34.9. The summed E-state index contributed by atoms with van der Waals surface area (Å²) >= 11 is 0. The van der Waals surface area contributed by atoms with E-state index >= 15 is 0 Å². The lowest BCUT2D eigenvalue weighted by molar-refractivity contribution is 0.0817. The SMILES string of the molecule is C=Cc1ccc(C(=O)C(=O)c2ccccc2)c(Nc2ccc(Nc3cc(C=C)ccc3C(=O)C(=O)c3ccccc3)c3c2C(=O)c2ccccc2C3=O)c1. The molecule has 54 heavy (non-hydrogen) atoms. The molecular formula is C46H30N2O6. The van der Waals surface area contributed by atoms with Crippen LogP contribution in [0.25, 0.3) is 12.2 Å². The highest BCUT2D eigenvalue weighted by Gasteiger charge is 2.35. The van der Waals surface area contributed by atoms with Gasteiger partial charge in [0.1, 0.15) is 0 Å². The first-order chi connectivity index (χ1) is 26.2. The maximum Gasteiger partial charge on any atom is 0.235 e. The molecule has 0 aromatic heterocycles. The molecule has 6 aromatic carbocycles. The second kappa shape index (κ2) is 14.6. The third-order valence-electron chi connectivity index (χ3n) is 9.15. The van der Waals surface area contributed by atoms with Gasteiger partial charge in [0.2, 0.25) is 23.1 Å². The van der Waals surface area contributed by atoms with Crippen LogP contribution in [0.1, 0.15) is 84.4 Å². The van der Waals surface area contributed by atoms with Gasteiger partial charge in [-0.2, -0.15) is 0 Å². The van der Waals surface area contributed by atoms with Gasteiger partial charge in [-0.15, -0.1) is 0 Å². The number of carbonyl (C=O) groups excluding carboxylic acids is 6. The number of fused-ring (bicyclic) bond motifs is 2. The monoisotopic (exact) mass is 706 g/mol. The van der Waals surface area contributed by atoms with Crippen molar-refractivity contribution in [2.45, 2.75) is 0 Å². The Hall–Kier alpha value is -7.58. The van der Waals surface area contributed by atoms with E-state index < -0.39 is 34.7 Å². The van der Waals surface area contributed by atoms with Crippen molar-refractivity contribution in [3.05, 3.63) is 202 Å². The summed E-state index contributed by atoms with van der Waals surface area (Å²) in [5.74, 6) is -3.91. The molecule has 0 aliphatic heterocycles. The van der Waals surface area contributed by atoms with E-state index in [0.717, 1.165) is 0 Å². The van der Waals surface area contributed by atoms with Crippen molar-refractivity contribution in [3.63, 3.8) is 0 Å². The van der Waals surface area contributed by atoms with Crippen LogP contribution < -0.4 is 10.6 Å². The first-order valence-corrected chi connectivity index (χ1v) is 16.9. The number of anilines is 4. The minimum atomic E-state index is -0.774. The molecular weight excluding hydrogens is 677 g/mol. The topological polar surface area (TPSA) is 126 Å². The maximum atomic E-state index is 14.4. The van der Waals surface area contributed by atoms with E-state index in [1.54, 1.807) is 133 Å². The van der Waals surface area contributed by atoms with E-state index in [1.807, 2.05) is 0 Å². The normalized spacial score (nSPS) is 11.5. The third kappa shape index (κ3) is 6.40. The van der Waals surface area contributed by atoms with Crippen molar-refractivity contribution in [2.75, 3.05) is 10.6 Å². The molecule has 0 heterocycles. The maximum absolute atomic E-state index is 14.4. The quantitative estimate of drug-likeness (QED) is 0.0951. The average Bonchev–Trinajstić information content (AvgIpc) is 3.22. The zero-order chi connectivity index (χ0) is 37.9. The molecule has 7 rings (SSSR count). The van der Waals surface area contributed by atoms with E-state index in [9.17, 15) is 28.8 Å². The van der Waals surface area contributed by atoms with Crippen LogP contribution in [-0.4, -0.2) is 34.7 Å². The van der Waals surface area contributed by atoms with E-state index in [-0.39, 0.29) is 67.3 Å². The number of nitrogens with one attached hydrogen (secondary N) is 2. The Morgan fingerprint density at radius 3 is 1.17 bits per heavy atom. The van der Waals surface area contributed by atoms with Gasteiger partial charge in [0.05, 0.1) is 33.9 Å². The Balaban J connectivity index is 1.36. The summed E-state index contributed by atoms with van der Waals surface area (Å²) in [5.41, 5.74) is 3.00. The van der Waals surface area contributed by atoms with E-state index in [0.29, 0.717) is 11.1 Å². The summed E-state index contributed by atoms with van der Waals surface area (Å²) in [4.78, 5) is 82.6. The predicted octanol–water partition coefficient (Wildman–Crippen LogP) is 9.37. The molecule has 0 fully saturated rings. The van der Waals surface area contributed by atoms with Crippen LogP contribution >= 0.6 is 0 Å². The molecule has 1 aliphatic carbocycles. The minimum Gasteiger partial charge on any atom is -0.354 e. The number of ketones is 6. The van der Waals surface area contributed by atoms with Crippen molar-refractivity contribution >= 4 is 69.6 Å². The highest BCUT2D eigenvalue weighted by Crippen LogP contribution is 2.40. The first-order valence-electron chi connectivity index (χ1n) is 16.9. The molecule has 0 spiro atoms. The minimum absolute atomic E-state index is 0.00797. The Bertz CT molecular complexity index is 2410. The number of rotatable bonds is 12. The average molecular weight is 707 g/mol. The van der Waals surface area contributed by atoms with Gasteiger partial charge in [0.15, 0.2) is 11.6 Å². The number of benzene rings is 6. The van der Waals surface area contributed by atoms with Crippen LogP contribution in [0, 0.1) is 0 Å². The molecule has 0 radical (unpaired) electrons. The molecule has 0 saturated carbocycles. The summed E-state index contributed by atoms with van der Waals surface area (Å²) in [6.45, 7) is 7.65. The van der Waals surface area contributed by atoms with Crippen LogP contribution in [0.2, 0.25) is 0 Å². The van der Waals surface area contributed by atoms with Gasteiger partial charge < -0.3 is 10.6 Å². The third-order valence-corrected chi connectivity index (χ3v) is 9.15.